The molecule has 1 aliphatic heterocycles. The molecule has 1 aliphatic rings. The van der Waals surface area contributed by atoms with Crippen molar-refractivity contribution in [2.24, 2.45) is 0 Å². The van der Waals surface area contributed by atoms with Crippen LogP contribution in [-0.2, 0) is 4.74 Å². The van der Waals surface area contributed by atoms with Gasteiger partial charge in [0.25, 0.3) is 0 Å². The summed E-state index contributed by atoms with van der Waals surface area (Å²) in [6, 6.07) is 0. The molecular weight excluding hydrogens is 164 g/mol. The summed E-state index contributed by atoms with van der Waals surface area (Å²) in [5.41, 5.74) is 1.26. The summed E-state index contributed by atoms with van der Waals surface area (Å²) in [4.78, 5) is 2.43. The Bertz CT molecular complexity index is 162. The third-order valence-electron chi connectivity index (χ3n) is 2.37. The van der Waals surface area contributed by atoms with E-state index in [1.807, 2.05) is 0 Å². The summed E-state index contributed by atoms with van der Waals surface area (Å²) >= 11 is 0. The molecule has 1 N–H and O–H groups in total. The lowest BCUT2D eigenvalue weighted by Crippen LogP contribution is -2.40. The van der Waals surface area contributed by atoms with E-state index in [-0.39, 0.29) is 0 Å². The zero-order chi connectivity index (χ0) is 9.52. The van der Waals surface area contributed by atoms with Crippen molar-refractivity contribution in [1.29, 1.82) is 0 Å². The summed E-state index contributed by atoms with van der Waals surface area (Å²) in [7, 11) is 0. The zero-order valence-corrected chi connectivity index (χ0v) is 8.68. The number of rotatable bonds is 4. The minimum Gasteiger partial charge on any atom is -0.388 e. The predicted molar refractivity (Wildman–Crippen MR) is 54.7 cm³/mol. The molecule has 0 aromatic carbocycles. The molecule has 0 aromatic heterocycles. The first-order valence-electron chi connectivity index (χ1n) is 5.00. The van der Waals surface area contributed by atoms with Gasteiger partial charge in [0, 0.05) is 31.9 Å². The number of hydrogen-bond acceptors (Lipinski definition) is 3. The van der Waals surface area contributed by atoms with Crippen LogP contribution >= 0.6 is 0 Å². The SMILES string of the molecule is C/C=C(\C)NCCN1CCOCC1. The van der Waals surface area contributed by atoms with Gasteiger partial charge in [-0.1, -0.05) is 6.08 Å². The van der Waals surface area contributed by atoms with Crippen LogP contribution in [0.5, 0.6) is 0 Å². The van der Waals surface area contributed by atoms with Crippen molar-refractivity contribution < 1.29 is 4.74 Å². The van der Waals surface area contributed by atoms with E-state index in [0.717, 1.165) is 39.4 Å². The molecule has 1 fully saturated rings. The highest BCUT2D eigenvalue weighted by Gasteiger charge is 2.08. The van der Waals surface area contributed by atoms with Gasteiger partial charge >= 0.3 is 0 Å². The molecular formula is C10H20N2O. The second kappa shape index (κ2) is 6.00. The normalized spacial score (nSPS) is 20.3. The molecule has 13 heavy (non-hydrogen) atoms. The highest BCUT2D eigenvalue weighted by atomic mass is 16.5. The Morgan fingerprint density at radius 2 is 2.15 bits per heavy atom. The molecule has 0 aliphatic carbocycles. The number of nitrogens with zero attached hydrogens (tertiary/aromatic N) is 1. The van der Waals surface area contributed by atoms with Crippen molar-refractivity contribution >= 4 is 0 Å². The van der Waals surface area contributed by atoms with Gasteiger partial charge in [-0.25, -0.2) is 0 Å². The first kappa shape index (κ1) is 10.5. The van der Waals surface area contributed by atoms with Crippen molar-refractivity contribution in [2.75, 3.05) is 39.4 Å². The Hall–Kier alpha value is -0.540. The monoisotopic (exact) mass is 184 g/mol. The largest absolute Gasteiger partial charge is 0.388 e. The van der Waals surface area contributed by atoms with Crippen LogP contribution in [0.2, 0.25) is 0 Å². The smallest absolute Gasteiger partial charge is 0.0594 e. The van der Waals surface area contributed by atoms with E-state index in [2.05, 4.69) is 30.1 Å². The highest BCUT2D eigenvalue weighted by Crippen LogP contribution is 1.95. The van der Waals surface area contributed by atoms with Gasteiger partial charge in [0.1, 0.15) is 0 Å². The number of hydrogen-bond donors (Lipinski definition) is 1. The molecule has 76 valence electrons. The van der Waals surface area contributed by atoms with Crippen molar-refractivity contribution in [3.8, 4) is 0 Å². The number of allylic oxidation sites excluding steroid dienone is 2. The van der Waals surface area contributed by atoms with E-state index < -0.39 is 0 Å². The number of ether oxygens (including phenoxy) is 1. The third-order valence-corrected chi connectivity index (χ3v) is 2.37. The van der Waals surface area contributed by atoms with E-state index in [1.165, 1.54) is 5.70 Å². The Balaban J connectivity index is 2.04. The summed E-state index contributed by atoms with van der Waals surface area (Å²) in [5, 5.41) is 3.36. The van der Waals surface area contributed by atoms with Crippen LogP contribution in [0.1, 0.15) is 13.8 Å². The van der Waals surface area contributed by atoms with Crippen LogP contribution in [-0.4, -0.2) is 44.3 Å². The molecule has 0 spiro atoms. The number of morpholine rings is 1. The third kappa shape index (κ3) is 4.29. The van der Waals surface area contributed by atoms with Crippen LogP contribution < -0.4 is 5.32 Å². The van der Waals surface area contributed by atoms with Gasteiger partial charge < -0.3 is 10.1 Å². The molecule has 0 saturated carbocycles. The van der Waals surface area contributed by atoms with E-state index in [4.69, 9.17) is 4.74 Å². The molecule has 1 heterocycles. The Morgan fingerprint density at radius 1 is 1.46 bits per heavy atom. The maximum Gasteiger partial charge on any atom is 0.0594 e. The van der Waals surface area contributed by atoms with Crippen LogP contribution in [0.15, 0.2) is 11.8 Å². The summed E-state index contributed by atoms with van der Waals surface area (Å²) in [5.74, 6) is 0. The van der Waals surface area contributed by atoms with Gasteiger partial charge in [0.2, 0.25) is 0 Å². The molecule has 1 rings (SSSR count). The lowest BCUT2D eigenvalue weighted by atomic mass is 10.4. The Kier molecular flexibility index (Phi) is 4.86. The van der Waals surface area contributed by atoms with Crippen molar-refractivity contribution in [3.05, 3.63) is 11.8 Å². The van der Waals surface area contributed by atoms with Crippen molar-refractivity contribution in [1.82, 2.24) is 10.2 Å². The molecule has 0 bridgehead atoms. The average Bonchev–Trinajstić information content (AvgIpc) is 2.19. The van der Waals surface area contributed by atoms with Gasteiger partial charge in [-0.15, -0.1) is 0 Å². The fourth-order valence-electron chi connectivity index (χ4n) is 1.34. The standard InChI is InChI=1S/C10H20N2O/c1-3-10(2)11-4-5-12-6-8-13-9-7-12/h3,11H,4-9H2,1-2H3/b10-3+. The first-order chi connectivity index (χ1) is 6.33. The van der Waals surface area contributed by atoms with Gasteiger partial charge in [-0.3, -0.25) is 4.90 Å². The minimum atomic E-state index is 0.891. The van der Waals surface area contributed by atoms with Crippen molar-refractivity contribution in [3.63, 3.8) is 0 Å². The second-order valence-electron chi connectivity index (χ2n) is 3.35. The topological polar surface area (TPSA) is 24.5 Å². The van der Waals surface area contributed by atoms with E-state index in [1.54, 1.807) is 0 Å². The Labute approximate surface area is 80.8 Å². The average molecular weight is 184 g/mol. The maximum absolute atomic E-state index is 5.27. The molecule has 3 nitrogen and oxygen atoms in total. The van der Waals surface area contributed by atoms with Crippen LogP contribution in [0.4, 0.5) is 0 Å². The molecule has 0 unspecified atom stereocenters. The fourth-order valence-corrected chi connectivity index (χ4v) is 1.34. The highest BCUT2D eigenvalue weighted by molar-refractivity contribution is 4.92. The van der Waals surface area contributed by atoms with Gasteiger partial charge in [0.05, 0.1) is 13.2 Å². The molecule has 0 aromatic rings. The Morgan fingerprint density at radius 3 is 2.77 bits per heavy atom. The second-order valence-corrected chi connectivity index (χ2v) is 3.35. The lowest BCUT2D eigenvalue weighted by molar-refractivity contribution is 0.0387. The summed E-state index contributed by atoms with van der Waals surface area (Å²) in [6.45, 7) is 10.2. The maximum atomic E-state index is 5.27. The molecule has 1 saturated heterocycles. The van der Waals surface area contributed by atoms with Gasteiger partial charge in [-0.05, 0) is 13.8 Å². The van der Waals surface area contributed by atoms with Gasteiger partial charge in [-0.2, -0.15) is 0 Å². The van der Waals surface area contributed by atoms with Gasteiger partial charge in [0.15, 0.2) is 0 Å². The van der Waals surface area contributed by atoms with Crippen molar-refractivity contribution in [2.45, 2.75) is 13.8 Å². The van der Waals surface area contributed by atoms with Crippen LogP contribution in [0.3, 0.4) is 0 Å². The fraction of sp³-hybridized carbons (Fsp3) is 0.800. The van der Waals surface area contributed by atoms with Crippen LogP contribution in [0, 0.1) is 0 Å². The minimum absolute atomic E-state index is 0.891. The summed E-state index contributed by atoms with van der Waals surface area (Å²) in [6.07, 6.45) is 2.10. The molecule has 3 heteroatoms. The molecule has 0 atom stereocenters. The zero-order valence-electron chi connectivity index (χ0n) is 8.68. The molecule has 0 radical (unpaired) electrons. The molecule has 0 amide bonds. The predicted octanol–water partition coefficient (Wildman–Crippen LogP) is 0.832. The van der Waals surface area contributed by atoms with E-state index in [0.29, 0.717) is 0 Å². The number of nitrogens with one attached hydrogen (secondary N) is 1. The quantitative estimate of drug-likeness (QED) is 0.700. The first-order valence-corrected chi connectivity index (χ1v) is 5.00. The van der Waals surface area contributed by atoms with Crippen LogP contribution in [0.25, 0.3) is 0 Å². The van der Waals surface area contributed by atoms with E-state index in [9.17, 15) is 0 Å². The lowest BCUT2D eigenvalue weighted by Gasteiger charge is -2.26. The van der Waals surface area contributed by atoms with E-state index >= 15 is 0 Å². The summed E-state index contributed by atoms with van der Waals surface area (Å²) < 4.78 is 5.27.